The van der Waals surface area contributed by atoms with Crippen LogP contribution >= 0.6 is 24.0 Å². The van der Waals surface area contributed by atoms with Crippen LogP contribution in [-0.4, -0.2) is 37.6 Å². The van der Waals surface area contributed by atoms with Crippen LogP contribution in [0.5, 0.6) is 5.75 Å². The number of halogens is 1. The number of rotatable bonds is 3. The lowest BCUT2D eigenvalue weighted by Crippen LogP contribution is -2.44. The van der Waals surface area contributed by atoms with Crippen LogP contribution in [0, 0.1) is 0 Å². The second-order valence-electron chi connectivity index (χ2n) is 6.70. The highest BCUT2D eigenvalue weighted by atomic mass is 127. The van der Waals surface area contributed by atoms with Gasteiger partial charge in [-0.3, -0.25) is 4.99 Å². The van der Waals surface area contributed by atoms with Gasteiger partial charge in [0.05, 0.1) is 6.61 Å². The molecule has 0 fully saturated rings. The van der Waals surface area contributed by atoms with E-state index < -0.39 is 0 Å². The molecular weight excluding hydrogens is 437 g/mol. The third kappa shape index (κ3) is 4.14. The first kappa shape index (κ1) is 19.0. The molecule has 0 atom stereocenters. The SMILES string of the molecule is CN=C(NCCc1ccc2c(c1)CCO2)N1CCc2ccccc2C1.I. The Hall–Kier alpha value is -1.76. The van der Waals surface area contributed by atoms with E-state index in [1.54, 1.807) is 0 Å². The van der Waals surface area contributed by atoms with Crippen LogP contribution in [-0.2, 0) is 25.8 Å². The summed E-state index contributed by atoms with van der Waals surface area (Å²) in [5.41, 5.74) is 5.58. The molecule has 4 rings (SSSR count). The molecule has 0 amide bonds. The predicted molar refractivity (Wildman–Crippen MR) is 117 cm³/mol. The van der Waals surface area contributed by atoms with Gasteiger partial charge in [-0.25, -0.2) is 0 Å². The molecule has 0 spiro atoms. The Morgan fingerprint density at radius 3 is 2.81 bits per heavy atom. The van der Waals surface area contributed by atoms with Crippen molar-refractivity contribution in [2.45, 2.75) is 25.8 Å². The first-order chi connectivity index (χ1) is 12.3. The van der Waals surface area contributed by atoms with Gasteiger partial charge in [0.1, 0.15) is 5.75 Å². The van der Waals surface area contributed by atoms with Crippen molar-refractivity contribution in [2.75, 3.05) is 26.7 Å². The Bertz CT molecular complexity index is 791. The van der Waals surface area contributed by atoms with Gasteiger partial charge in [0.2, 0.25) is 0 Å². The molecule has 2 heterocycles. The zero-order valence-corrected chi connectivity index (χ0v) is 17.5. The van der Waals surface area contributed by atoms with Crippen LogP contribution in [0.25, 0.3) is 0 Å². The maximum atomic E-state index is 5.58. The Balaban J connectivity index is 0.00000196. The molecule has 0 unspecified atom stereocenters. The Morgan fingerprint density at radius 1 is 1.12 bits per heavy atom. The molecule has 1 N–H and O–H groups in total. The number of ether oxygens (including phenoxy) is 1. The predicted octanol–water partition coefficient (Wildman–Crippen LogP) is 3.42. The molecule has 2 aliphatic heterocycles. The van der Waals surface area contributed by atoms with E-state index in [0.717, 1.165) is 57.2 Å². The smallest absolute Gasteiger partial charge is 0.193 e. The van der Waals surface area contributed by atoms with Crippen LogP contribution in [0.2, 0.25) is 0 Å². The van der Waals surface area contributed by atoms with Crippen LogP contribution in [0.1, 0.15) is 22.3 Å². The molecule has 0 aromatic heterocycles. The van der Waals surface area contributed by atoms with E-state index >= 15 is 0 Å². The number of benzene rings is 2. The van der Waals surface area contributed by atoms with E-state index in [4.69, 9.17) is 4.74 Å². The van der Waals surface area contributed by atoms with Gasteiger partial charge in [-0.15, -0.1) is 24.0 Å². The van der Waals surface area contributed by atoms with E-state index in [1.165, 1.54) is 22.3 Å². The molecule has 2 aromatic carbocycles. The summed E-state index contributed by atoms with van der Waals surface area (Å²) < 4.78 is 5.58. The summed E-state index contributed by atoms with van der Waals surface area (Å²) in [6.07, 6.45) is 3.11. The summed E-state index contributed by atoms with van der Waals surface area (Å²) >= 11 is 0. The van der Waals surface area contributed by atoms with Crippen molar-refractivity contribution in [3.05, 3.63) is 64.7 Å². The van der Waals surface area contributed by atoms with E-state index in [2.05, 4.69) is 57.7 Å². The summed E-state index contributed by atoms with van der Waals surface area (Å²) in [4.78, 5) is 6.83. The molecule has 2 aromatic rings. The Morgan fingerprint density at radius 2 is 1.96 bits per heavy atom. The highest BCUT2D eigenvalue weighted by Crippen LogP contribution is 2.26. The van der Waals surface area contributed by atoms with Crippen LogP contribution in [0.15, 0.2) is 47.5 Å². The molecule has 138 valence electrons. The lowest BCUT2D eigenvalue weighted by molar-refractivity contribution is 0.357. The Labute approximate surface area is 172 Å². The van der Waals surface area contributed by atoms with Crippen molar-refractivity contribution in [3.63, 3.8) is 0 Å². The van der Waals surface area contributed by atoms with Gasteiger partial charge in [0.15, 0.2) is 5.96 Å². The molecule has 2 aliphatic rings. The lowest BCUT2D eigenvalue weighted by atomic mass is 10.0. The second kappa shape index (κ2) is 8.75. The molecule has 5 heteroatoms. The maximum Gasteiger partial charge on any atom is 0.193 e. The van der Waals surface area contributed by atoms with Crippen molar-refractivity contribution >= 4 is 29.9 Å². The third-order valence-electron chi connectivity index (χ3n) is 5.09. The van der Waals surface area contributed by atoms with Gasteiger partial charge in [-0.2, -0.15) is 0 Å². The molecule has 0 radical (unpaired) electrons. The van der Waals surface area contributed by atoms with Crippen LogP contribution < -0.4 is 10.1 Å². The number of nitrogens with one attached hydrogen (secondary N) is 1. The highest BCUT2D eigenvalue weighted by Gasteiger charge is 2.18. The van der Waals surface area contributed by atoms with E-state index in [0.29, 0.717) is 0 Å². The van der Waals surface area contributed by atoms with Crippen molar-refractivity contribution in [1.82, 2.24) is 10.2 Å². The highest BCUT2D eigenvalue weighted by molar-refractivity contribution is 14.0. The minimum absolute atomic E-state index is 0. The first-order valence-corrected chi connectivity index (χ1v) is 9.10. The third-order valence-corrected chi connectivity index (χ3v) is 5.09. The van der Waals surface area contributed by atoms with Crippen LogP contribution in [0.3, 0.4) is 0 Å². The number of fused-ring (bicyclic) bond motifs is 2. The van der Waals surface area contributed by atoms with Crippen LogP contribution in [0.4, 0.5) is 0 Å². The average Bonchev–Trinajstić information content (AvgIpc) is 3.13. The van der Waals surface area contributed by atoms with Gasteiger partial charge in [0.25, 0.3) is 0 Å². The lowest BCUT2D eigenvalue weighted by Gasteiger charge is -2.31. The van der Waals surface area contributed by atoms with E-state index in [9.17, 15) is 0 Å². The molecule has 0 saturated carbocycles. The average molecular weight is 463 g/mol. The number of guanidine groups is 1. The zero-order chi connectivity index (χ0) is 17.1. The van der Waals surface area contributed by atoms with Gasteiger partial charge in [0, 0.05) is 33.1 Å². The summed E-state index contributed by atoms with van der Waals surface area (Å²) in [6, 6.07) is 15.3. The zero-order valence-electron chi connectivity index (χ0n) is 15.2. The molecule has 0 bridgehead atoms. The number of hydrogen-bond donors (Lipinski definition) is 1. The van der Waals surface area contributed by atoms with Gasteiger partial charge in [-0.1, -0.05) is 36.4 Å². The monoisotopic (exact) mass is 463 g/mol. The summed E-state index contributed by atoms with van der Waals surface area (Å²) in [7, 11) is 1.87. The number of hydrogen-bond acceptors (Lipinski definition) is 2. The first-order valence-electron chi connectivity index (χ1n) is 9.10. The van der Waals surface area contributed by atoms with Crippen molar-refractivity contribution < 1.29 is 4.74 Å². The summed E-state index contributed by atoms with van der Waals surface area (Å²) in [5, 5.41) is 3.53. The number of aliphatic imine (C=N–C) groups is 1. The maximum absolute atomic E-state index is 5.58. The van der Waals surface area contributed by atoms with Crippen molar-refractivity contribution in [1.29, 1.82) is 0 Å². The standard InChI is InChI=1S/C21H25N3O.HI/c1-22-21(24-12-9-17-4-2-3-5-19(17)15-24)23-11-8-16-6-7-20-18(14-16)10-13-25-20;/h2-7,14H,8-13,15H2,1H3,(H,22,23);1H. The van der Waals surface area contributed by atoms with E-state index in [1.807, 2.05) is 7.05 Å². The minimum atomic E-state index is 0. The molecule has 0 saturated heterocycles. The fraction of sp³-hybridized carbons (Fsp3) is 0.381. The van der Waals surface area contributed by atoms with Crippen molar-refractivity contribution in [2.24, 2.45) is 4.99 Å². The quantitative estimate of drug-likeness (QED) is 0.431. The number of nitrogens with zero attached hydrogens (tertiary/aromatic N) is 2. The fourth-order valence-electron chi connectivity index (χ4n) is 3.72. The summed E-state index contributed by atoms with van der Waals surface area (Å²) in [5.74, 6) is 2.05. The molecule has 0 aliphatic carbocycles. The van der Waals surface area contributed by atoms with Gasteiger partial charge in [-0.05, 0) is 41.2 Å². The Kier molecular flexibility index (Phi) is 6.40. The van der Waals surface area contributed by atoms with E-state index in [-0.39, 0.29) is 24.0 Å². The molecular formula is C21H26IN3O. The minimum Gasteiger partial charge on any atom is -0.493 e. The summed E-state index contributed by atoms with van der Waals surface area (Å²) in [6.45, 7) is 3.67. The fourth-order valence-corrected chi connectivity index (χ4v) is 3.72. The topological polar surface area (TPSA) is 36.9 Å². The van der Waals surface area contributed by atoms with Gasteiger partial charge >= 0.3 is 0 Å². The van der Waals surface area contributed by atoms with Gasteiger partial charge < -0.3 is 15.0 Å². The normalized spacial score (nSPS) is 15.6. The largest absolute Gasteiger partial charge is 0.493 e. The molecule has 4 nitrogen and oxygen atoms in total. The molecule has 26 heavy (non-hydrogen) atoms. The second-order valence-corrected chi connectivity index (χ2v) is 6.70. The van der Waals surface area contributed by atoms with Crippen molar-refractivity contribution in [3.8, 4) is 5.75 Å².